The molecule has 5 heteroatoms. The minimum atomic E-state index is 0.374. The van der Waals surface area contributed by atoms with Crippen LogP contribution in [0.4, 0.5) is 11.4 Å². The van der Waals surface area contributed by atoms with Crippen LogP contribution >= 0.6 is 12.2 Å². The number of anilines is 2. The van der Waals surface area contributed by atoms with Crippen LogP contribution in [0.2, 0.25) is 0 Å². The number of rotatable bonds is 4. The molecule has 0 saturated carbocycles. The quantitative estimate of drug-likeness (QED) is 0.592. The van der Waals surface area contributed by atoms with Crippen LogP contribution in [0.25, 0.3) is 0 Å². The van der Waals surface area contributed by atoms with Gasteiger partial charge in [-0.25, -0.2) is 0 Å². The maximum absolute atomic E-state index is 5.80. The van der Waals surface area contributed by atoms with E-state index >= 15 is 0 Å². The van der Waals surface area contributed by atoms with Crippen LogP contribution in [0, 0.1) is 0 Å². The van der Waals surface area contributed by atoms with Gasteiger partial charge in [-0.05, 0) is 47.6 Å². The predicted octanol–water partition coefficient (Wildman–Crippen LogP) is 2.10. The summed E-state index contributed by atoms with van der Waals surface area (Å²) >= 11 is 5.12. The van der Waals surface area contributed by atoms with Crippen molar-refractivity contribution in [3.05, 3.63) is 59.7 Å². The topological polar surface area (TPSA) is 81.3 Å². The Morgan fingerprint density at radius 2 is 1.15 bits per heavy atom. The summed E-state index contributed by atoms with van der Waals surface area (Å²) in [5.74, 6) is 0. The molecule has 0 atom stereocenters. The van der Waals surface area contributed by atoms with Crippen molar-refractivity contribution in [2.75, 3.05) is 11.5 Å². The Labute approximate surface area is 124 Å². The standard InChI is InChI=1S/C15H18N4S/c16-13-5-1-11(2-6-13)9-19(15(18)20)10-12-3-7-14(17)8-4-12/h1-8H,9-10,16-17H2,(H2,18,20). The first-order chi connectivity index (χ1) is 9.54. The molecular weight excluding hydrogens is 268 g/mol. The van der Waals surface area contributed by atoms with Gasteiger partial charge in [-0.3, -0.25) is 0 Å². The fourth-order valence-electron chi connectivity index (χ4n) is 1.90. The van der Waals surface area contributed by atoms with Crippen LogP contribution in [0.3, 0.4) is 0 Å². The molecule has 0 aliphatic carbocycles. The van der Waals surface area contributed by atoms with Gasteiger partial charge in [0.15, 0.2) is 5.11 Å². The van der Waals surface area contributed by atoms with Gasteiger partial charge >= 0.3 is 0 Å². The largest absolute Gasteiger partial charge is 0.399 e. The third kappa shape index (κ3) is 3.86. The Kier molecular flexibility index (Phi) is 4.42. The lowest BCUT2D eigenvalue weighted by molar-refractivity contribution is 0.409. The van der Waals surface area contributed by atoms with Gasteiger partial charge in [-0.1, -0.05) is 24.3 Å². The fourth-order valence-corrected chi connectivity index (χ4v) is 2.03. The van der Waals surface area contributed by atoms with Crippen LogP contribution in [0.15, 0.2) is 48.5 Å². The first-order valence-corrected chi connectivity index (χ1v) is 6.68. The molecule has 104 valence electrons. The molecule has 4 nitrogen and oxygen atoms in total. The van der Waals surface area contributed by atoms with E-state index in [0.29, 0.717) is 18.2 Å². The van der Waals surface area contributed by atoms with E-state index in [-0.39, 0.29) is 0 Å². The highest BCUT2D eigenvalue weighted by molar-refractivity contribution is 7.80. The molecule has 0 amide bonds. The number of benzene rings is 2. The zero-order valence-corrected chi connectivity index (χ0v) is 11.9. The van der Waals surface area contributed by atoms with Gasteiger partial charge in [-0.2, -0.15) is 0 Å². The number of nitrogens with zero attached hydrogens (tertiary/aromatic N) is 1. The molecule has 0 spiro atoms. The van der Waals surface area contributed by atoms with E-state index in [4.69, 9.17) is 29.4 Å². The van der Waals surface area contributed by atoms with E-state index in [0.717, 1.165) is 22.5 Å². The number of nitrogens with two attached hydrogens (primary N) is 3. The van der Waals surface area contributed by atoms with Gasteiger partial charge in [0.25, 0.3) is 0 Å². The van der Waals surface area contributed by atoms with Crippen molar-refractivity contribution in [2.45, 2.75) is 13.1 Å². The van der Waals surface area contributed by atoms with Crippen LogP contribution < -0.4 is 17.2 Å². The van der Waals surface area contributed by atoms with E-state index in [1.807, 2.05) is 53.4 Å². The second-order valence-electron chi connectivity index (χ2n) is 4.68. The monoisotopic (exact) mass is 286 g/mol. The minimum Gasteiger partial charge on any atom is -0.399 e. The molecule has 20 heavy (non-hydrogen) atoms. The normalized spacial score (nSPS) is 10.2. The second kappa shape index (κ2) is 6.25. The molecule has 0 unspecified atom stereocenters. The minimum absolute atomic E-state index is 0.374. The number of hydrogen-bond donors (Lipinski definition) is 3. The summed E-state index contributed by atoms with van der Waals surface area (Å²) in [6.07, 6.45) is 0. The molecule has 2 rings (SSSR count). The van der Waals surface area contributed by atoms with Crippen molar-refractivity contribution < 1.29 is 0 Å². The number of hydrogen-bond acceptors (Lipinski definition) is 3. The average molecular weight is 286 g/mol. The van der Waals surface area contributed by atoms with Gasteiger partial charge < -0.3 is 22.1 Å². The highest BCUT2D eigenvalue weighted by Gasteiger charge is 2.08. The summed E-state index contributed by atoms with van der Waals surface area (Å²) < 4.78 is 0. The Balaban J connectivity index is 2.09. The molecule has 0 fully saturated rings. The lowest BCUT2D eigenvalue weighted by Crippen LogP contribution is -2.34. The predicted molar refractivity (Wildman–Crippen MR) is 87.7 cm³/mol. The van der Waals surface area contributed by atoms with Gasteiger partial charge in [-0.15, -0.1) is 0 Å². The van der Waals surface area contributed by atoms with E-state index in [9.17, 15) is 0 Å². The molecule has 0 heterocycles. The molecule has 6 N–H and O–H groups in total. The lowest BCUT2D eigenvalue weighted by atomic mass is 10.1. The van der Waals surface area contributed by atoms with E-state index in [1.165, 1.54) is 0 Å². The highest BCUT2D eigenvalue weighted by Crippen LogP contribution is 2.13. The first-order valence-electron chi connectivity index (χ1n) is 6.28. The molecular formula is C15H18N4S. The Hall–Kier alpha value is -2.27. The second-order valence-corrected chi connectivity index (χ2v) is 5.10. The molecule has 2 aromatic carbocycles. The van der Waals surface area contributed by atoms with Crippen LogP contribution in [0.1, 0.15) is 11.1 Å². The first kappa shape index (κ1) is 14.1. The Bertz CT molecular complexity index is 530. The summed E-state index contributed by atoms with van der Waals surface area (Å²) in [5, 5.41) is 0.374. The highest BCUT2D eigenvalue weighted by atomic mass is 32.1. The number of nitrogen functional groups attached to an aromatic ring is 2. The van der Waals surface area contributed by atoms with Crippen LogP contribution in [-0.2, 0) is 13.1 Å². The SMILES string of the molecule is NC(=S)N(Cc1ccc(N)cc1)Cc1ccc(N)cc1. The van der Waals surface area contributed by atoms with Gasteiger partial charge in [0.2, 0.25) is 0 Å². The fraction of sp³-hybridized carbons (Fsp3) is 0.133. The molecule has 0 saturated heterocycles. The average Bonchev–Trinajstić information content (AvgIpc) is 2.42. The van der Waals surface area contributed by atoms with Crippen molar-refractivity contribution in [1.29, 1.82) is 0 Å². The van der Waals surface area contributed by atoms with Gasteiger partial charge in [0.1, 0.15) is 0 Å². The van der Waals surface area contributed by atoms with Crippen LogP contribution in [-0.4, -0.2) is 10.0 Å². The molecule has 0 aliphatic rings. The van der Waals surface area contributed by atoms with Gasteiger partial charge in [0.05, 0.1) is 0 Å². The molecule has 0 aromatic heterocycles. The zero-order valence-electron chi connectivity index (χ0n) is 11.1. The summed E-state index contributed by atoms with van der Waals surface area (Å²) in [4.78, 5) is 1.94. The maximum Gasteiger partial charge on any atom is 0.166 e. The molecule has 2 aromatic rings. The Morgan fingerprint density at radius 1 is 0.800 bits per heavy atom. The zero-order chi connectivity index (χ0) is 14.5. The van der Waals surface area contributed by atoms with Crippen molar-refractivity contribution in [1.82, 2.24) is 4.90 Å². The molecule has 0 aliphatic heterocycles. The third-order valence-corrected chi connectivity index (χ3v) is 3.28. The molecule has 0 radical (unpaired) electrons. The summed E-state index contributed by atoms with van der Waals surface area (Å²) in [6, 6.07) is 15.4. The van der Waals surface area contributed by atoms with Crippen molar-refractivity contribution in [3.8, 4) is 0 Å². The van der Waals surface area contributed by atoms with E-state index < -0.39 is 0 Å². The summed E-state index contributed by atoms with van der Waals surface area (Å²) in [6.45, 7) is 1.31. The van der Waals surface area contributed by atoms with E-state index in [2.05, 4.69) is 0 Å². The lowest BCUT2D eigenvalue weighted by Gasteiger charge is -2.23. The summed E-state index contributed by atoms with van der Waals surface area (Å²) in [7, 11) is 0. The van der Waals surface area contributed by atoms with E-state index in [1.54, 1.807) is 0 Å². The van der Waals surface area contributed by atoms with Crippen LogP contribution in [0.5, 0.6) is 0 Å². The third-order valence-electron chi connectivity index (χ3n) is 3.02. The smallest absolute Gasteiger partial charge is 0.166 e. The number of thiocarbonyl (C=S) groups is 1. The van der Waals surface area contributed by atoms with Crippen molar-refractivity contribution >= 4 is 28.7 Å². The van der Waals surface area contributed by atoms with Crippen molar-refractivity contribution in [3.63, 3.8) is 0 Å². The van der Waals surface area contributed by atoms with Crippen molar-refractivity contribution in [2.24, 2.45) is 5.73 Å². The maximum atomic E-state index is 5.80. The Morgan fingerprint density at radius 3 is 1.45 bits per heavy atom. The summed E-state index contributed by atoms with van der Waals surface area (Å²) in [5.41, 5.74) is 20.9. The molecule has 0 bridgehead atoms. The van der Waals surface area contributed by atoms with Gasteiger partial charge in [0, 0.05) is 24.5 Å².